The summed E-state index contributed by atoms with van der Waals surface area (Å²) in [5.74, 6) is -2.18. The molecule has 20 heavy (non-hydrogen) atoms. The quantitative estimate of drug-likeness (QED) is 0.650. The van der Waals surface area contributed by atoms with E-state index in [4.69, 9.17) is 5.11 Å². The number of amides is 1. The van der Waals surface area contributed by atoms with Gasteiger partial charge in [-0.25, -0.2) is 0 Å². The first-order chi connectivity index (χ1) is 9.30. The highest BCUT2D eigenvalue weighted by molar-refractivity contribution is 5.78. The van der Waals surface area contributed by atoms with Crippen molar-refractivity contribution < 1.29 is 23.1 Å². The van der Waals surface area contributed by atoms with Crippen molar-refractivity contribution in [2.24, 2.45) is 11.8 Å². The number of aliphatic hydroxyl groups is 1. The zero-order valence-electron chi connectivity index (χ0n) is 11.7. The Labute approximate surface area is 117 Å². The second kappa shape index (κ2) is 7.83. The third kappa shape index (κ3) is 6.09. The molecule has 0 radical (unpaired) electrons. The number of carbonyl (C=O) groups excluding carboxylic acids is 1. The second-order valence-corrected chi connectivity index (χ2v) is 5.45. The monoisotopic (exact) mass is 296 g/mol. The van der Waals surface area contributed by atoms with Crippen molar-refractivity contribution in [3.63, 3.8) is 0 Å². The molecule has 3 atom stereocenters. The van der Waals surface area contributed by atoms with Gasteiger partial charge in [0.25, 0.3) is 0 Å². The Morgan fingerprint density at radius 3 is 2.65 bits per heavy atom. The SMILES string of the molecule is CC(O)CNCCNC(=O)C1CCCC(C(F)(F)F)C1. The first-order valence-corrected chi connectivity index (χ1v) is 7.04. The zero-order valence-corrected chi connectivity index (χ0v) is 11.7. The summed E-state index contributed by atoms with van der Waals surface area (Å²) < 4.78 is 37.9. The summed E-state index contributed by atoms with van der Waals surface area (Å²) in [5, 5.41) is 14.6. The molecule has 3 unspecified atom stereocenters. The molecular weight excluding hydrogens is 273 g/mol. The van der Waals surface area contributed by atoms with Crippen LogP contribution in [0.5, 0.6) is 0 Å². The van der Waals surface area contributed by atoms with Gasteiger partial charge in [-0.15, -0.1) is 0 Å². The van der Waals surface area contributed by atoms with Crippen LogP contribution in [0.15, 0.2) is 0 Å². The van der Waals surface area contributed by atoms with Gasteiger partial charge in [0, 0.05) is 25.6 Å². The Balaban J connectivity index is 2.25. The highest BCUT2D eigenvalue weighted by Gasteiger charge is 2.43. The number of rotatable bonds is 6. The fourth-order valence-electron chi connectivity index (χ4n) is 2.45. The third-order valence-electron chi connectivity index (χ3n) is 3.55. The summed E-state index contributed by atoms with van der Waals surface area (Å²) in [6.07, 6.45) is -3.66. The Bertz CT molecular complexity index is 308. The molecule has 1 aliphatic carbocycles. The maximum Gasteiger partial charge on any atom is 0.391 e. The minimum absolute atomic E-state index is 0.101. The first-order valence-electron chi connectivity index (χ1n) is 7.04. The topological polar surface area (TPSA) is 61.4 Å². The molecule has 1 amide bonds. The van der Waals surface area contributed by atoms with E-state index in [0.717, 1.165) is 0 Å². The van der Waals surface area contributed by atoms with E-state index in [1.54, 1.807) is 6.92 Å². The van der Waals surface area contributed by atoms with Crippen LogP contribution >= 0.6 is 0 Å². The molecule has 7 heteroatoms. The molecule has 3 N–H and O–H groups in total. The Morgan fingerprint density at radius 1 is 1.35 bits per heavy atom. The average molecular weight is 296 g/mol. The van der Waals surface area contributed by atoms with Crippen LogP contribution in [-0.2, 0) is 4.79 Å². The van der Waals surface area contributed by atoms with Crippen molar-refractivity contribution in [1.82, 2.24) is 10.6 Å². The maximum atomic E-state index is 12.6. The van der Waals surface area contributed by atoms with E-state index >= 15 is 0 Å². The van der Waals surface area contributed by atoms with Gasteiger partial charge < -0.3 is 15.7 Å². The smallest absolute Gasteiger partial charge is 0.391 e. The molecule has 4 nitrogen and oxygen atoms in total. The van der Waals surface area contributed by atoms with E-state index in [2.05, 4.69) is 10.6 Å². The van der Waals surface area contributed by atoms with Gasteiger partial charge in [-0.3, -0.25) is 4.79 Å². The lowest BCUT2D eigenvalue weighted by molar-refractivity contribution is -0.186. The van der Waals surface area contributed by atoms with Crippen LogP contribution in [0, 0.1) is 11.8 Å². The van der Waals surface area contributed by atoms with Crippen molar-refractivity contribution in [3.05, 3.63) is 0 Å². The van der Waals surface area contributed by atoms with E-state index in [1.807, 2.05) is 0 Å². The minimum atomic E-state index is -4.20. The van der Waals surface area contributed by atoms with E-state index in [1.165, 1.54) is 0 Å². The number of aliphatic hydroxyl groups excluding tert-OH is 1. The molecule has 0 spiro atoms. The van der Waals surface area contributed by atoms with Crippen molar-refractivity contribution in [2.45, 2.75) is 44.9 Å². The van der Waals surface area contributed by atoms with E-state index < -0.39 is 24.1 Å². The second-order valence-electron chi connectivity index (χ2n) is 5.45. The molecule has 0 heterocycles. The predicted molar refractivity (Wildman–Crippen MR) is 69.1 cm³/mol. The molecule has 0 aromatic heterocycles. The molecule has 1 rings (SSSR count). The molecule has 0 bridgehead atoms. The number of hydrogen-bond donors (Lipinski definition) is 3. The normalized spacial score (nSPS) is 25.2. The van der Waals surface area contributed by atoms with Crippen molar-refractivity contribution in [3.8, 4) is 0 Å². The van der Waals surface area contributed by atoms with Gasteiger partial charge in [0.15, 0.2) is 0 Å². The molecule has 0 aromatic carbocycles. The molecule has 0 aromatic rings. The number of hydrogen-bond acceptors (Lipinski definition) is 3. The van der Waals surface area contributed by atoms with Gasteiger partial charge in [0.2, 0.25) is 5.91 Å². The molecule has 1 aliphatic rings. The van der Waals surface area contributed by atoms with Gasteiger partial charge >= 0.3 is 6.18 Å². The van der Waals surface area contributed by atoms with Crippen LogP contribution in [0.3, 0.4) is 0 Å². The first kappa shape index (κ1) is 17.2. The lowest BCUT2D eigenvalue weighted by atomic mass is 9.80. The minimum Gasteiger partial charge on any atom is -0.392 e. The molecule has 0 aliphatic heterocycles. The Hall–Kier alpha value is -0.820. The van der Waals surface area contributed by atoms with Gasteiger partial charge in [0.05, 0.1) is 12.0 Å². The number of alkyl halides is 3. The summed E-state index contributed by atoms with van der Waals surface area (Å²) in [6.45, 7) is 2.92. The largest absolute Gasteiger partial charge is 0.392 e. The summed E-state index contributed by atoms with van der Waals surface area (Å²) in [5.41, 5.74) is 0. The van der Waals surface area contributed by atoms with Crippen LogP contribution in [0.4, 0.5) is 13.2 Å². The average Bonchev–Trinajstić information content (AvgIpc) is 2.37. The zero-order chi connectivity index (χ0) is 15.2. The summed E-state index contributed by atoms with van der Waals surface area (Å²) in [4.78, 5) is 11.8. The standard InChI is InChI=1S/C13H23F3N2O2/c1-9(19)8-17-5-6-18-12(20)10-3-2-4-11(7-10)13(14,15)16/h9-11,17,19H,2-8H2,1H3,(H,18,20). The molecule has 0 saturated heterocycles. The van der Waals surface area contributed by atoms with Gasteiger partial charge in [-0.1, -0.05) is 6.42 Å². The fourth-order valence-corrected chi connectivity index (χ4v) is 2.45. The van der Waals surface area contributed by atoms with Crippen LogP contribution in [-0.4, -0.2) is 42.9 Å². The molecular formula is C13H23F3N2O2. The van der Waals surface area contributed by atoms with Crippen molar-refractivity contribution in [1.29, 1.82) is 0 Å². The third-order valence-corrected chi connectivity index (χ3v) is 3.55. The number of carbonyl (C=O) groups is 1. The van der Waals surface area contributed by atoms with Crippen LogP contribution < -0.4 is 10.6 Å². The molecule has 1 saturated carbocycles. The van der Waals surface area contributed by atoms with E-state index in [9.17, 15) is 18.0 Å². The number of halogens is 3. The summed E-state index contributed by atoms with van der Waals surface area (Å²) >= 11 is 0. The summed E-state index contributed by atoms with van der Waals surface area (Å²) in [6, 6.07) is 0. The maximum absolute atomic E-state index is 12.6. The highest BCUT2D eigenvalue weighted by Crippen LogP contribution is 2.39. The van der Waals surface area contributed by atoms with Gasteiger partial charge in [0.1, 0.15) is 0 Å². The predicted octanol–water partition coefficient (Wildman–Crippen LogP) is 1.44. The summed E-state index contributed by atoms with van der Waals surface area (Å²) in [7, 11) is 0. The van der Waals surface area contributed by atoms with Crippen LogP contribution in [0.25, 0.3) is 0 Å². The van der Waals surface area contributed by atoms with Crippen molar-refractivity contribution >= 4 is 5.91 Å². The fraction of sp³-hybridized carbons (Fsp3) is 0.923. The lowest BCUT2D eigenvalue weighted by Crippen LogP contribution is -2.40. The van der Waals surface area contributed by atoms with E-state index in [0.29, 0.717) is 32.5 Å². The Kier molecular flexibility index (Phi) is 6.75. The highest BCUT2D eigenvalue weighted by atomic mass is 19.4. The van der Waals surface area contributed by atoms with Crippen LogP contribution in [0.1, 0.15) is 32.6 Å². The van der Waals surface area contributed by atoms with Gasteiger partial charge in [-0.2, -0.15) is 13.2 Å². The molecule has 118 valence electrons. The van der Waals surface area contributed by atoms with E-state index in [-0.39, 0.29) is 18.7 Å². The Morgan fingerprint density at radius 2 is 2.05 bits per heavy atom. The number of nitrogens with one attached hydrogen (secondary N) is 2. The van der Waals surface area contributed by atoms with Crippen molar-refractivity contribution in [2.75, 3.05) is 19.6 Å². The van der Waals surface area contributed by atoms with Crippen LogP contribution in [0.2, 0.25) is 0 Å². The molecule has 1 fully saturated rings. The van der Waals surface area contributed by atoms with Gasteiger partial charge in [-0.05, 0) is 26.2 Å². The lowest BCUT2D eigenvalue weighted by Gasteiger charge is -2.29.